The number of hydrogen-bond acceptors (Lipinski definition) is 2. The van der Waals surface area contributed by atoms with Gasteiger partial charge in [0, 0.05) is 12.1 Å². The second-order valence-corrected chi connectivity index (χ2v) is 4.22. The average Bonchev–Trinajstić information content (AvgIpc) is 2.20. The van der Waals surface area contributed by atoms with E-state index in [0.29, 0.717) is 6.04 Å². The fourth-order valence-electron chi connectivity index (χ4n) is 1.99. The maximum atomic E-state index is 10.5. The van der Waals surface area contributed by atoms with Gasteiger partial charge in [-0.05, 0) is 38.6 Å². The largest absolute Gasteiger partial charge is 0.478 e. The number of rotatable bonds is 5. The number of aliphatic carboxylic acids is 1. The number of unbranched alkanes of at least 4 members (excludes halogenated alkanes) is 1. The van der Waals surface area contributed by atoms with E-state index in [1.807, 2.05) is 0 Å². The highest BCUT2D eigenvalue weighted by Crippen LogP contribution is 2.23. The van der Waals surface area contributed by atoms with Crippen LogP contribution in [0, 0.1) is 0 Å². The van der Waals surface area contributed by atoms with E-state index in [1.165, 1.54) is 18.9 Å². The lowest BCUT2D eigenvalue weighted by Gasteiger charge is -2.24. The maximum absolute atomic E-state index is 10.5. The molecule has 0 aliphatic heterocycles. The first-order valence-corrected chi connectivity index (χ1v) is 5.88. The zero-order valence-corrected chi connectivity index (χ0v) is 9.46. The molecule has 0 aromatic carbocycles. The van der Waals surface area contributed by atoms with E-state index >= 15 is 0 Å². The van der Waals surface area contributed by atoms with Crippen LogP contribution in [-0.2, 0) is 4.79 Å². The number of hydrogen-bond donors (Lipinski definition) is 2. The van der Waals surface area contributed by atoms with Crippen LogP contribution in [0.5, 0.6) is 0 Å². The van der Waals surface area contributed by atoms with E-state index in [2.05, 4.69) is 12.2 Å². The molecular formula is C12H21NO2. The maximum Gasteiger partial charge on any atom is 0.328 e. The summed E-state index contributed by atoms with van der Waals surface area (Å²) in [5, 5.41) is 12.1. The average molecular weight is 211 g/mol. The lowest BCUT2D eigenvalue weighted by Crippen LogP contribution is -2.32. The fourth-order valence-corrected chi connectivity index (χ4v) is 1.99. The molecule has 0 radical (unpaired) electrons. The number of carboxylic acid groups (broad SMARTS) is 1. The van der Waals surface area contributed by atoms with Crippen molar-refractivity contribution in [1.29, 1.82) is 0 Å². The second kappa shape index (κ2) is 6.62. The molecule has 0 heterocycles. The molecule has 0 unspecified atom stereocenters. The number of carbonyl (C=O) groups is 1. The summed E-state index contributed by atoms with van der Waals surface area (Å²) >= 11 is 0. The van der Waals surface area contributed by atoms with Crippen LogP contribution in [0.4, 0.5) is 0 Å². The highest BCUT2D eigenvalue weighted by atomic mass is 16.4. The molecule has 0 aromatic rings. The van der Waals surface area contributed by atoms with Crippen molar-refractivity contribution in [1.82, 2.24) is 5.32 Å². The first-order chi connectivity index (χ1) is 7.22. The van der Waals surface area contributed by atoms with Crippen molar-refractivity contribution < 1.29 is 9.90 Å². The molecule has 0 bridgehead atoms. The minimum atomic E-state index is -0.803. The van der Waals surface area contributed by atoms with E-state index in [4.69, 9.17) is 5.11 Å². The molecule has 1 aliphatic carbocycles. The quantitative estimate of drug-likeness (QED) is 0.542. The Hall–Kier alpha value is -0.830. The Labute approximate surface area is 91.6 Å². The van der Waals surface area contributed by atoms with Crippen LogP contribution in [0.25, 0.3) is 0 Å². The molecule has 1 fully saturated rings. The minimum absolute atomic E-state index is 0.600. The Bertz CT molecular complexity index is 226. The van der Waals surface area contributed by atoms with Gasteiger partial charge in [0.15, 0.2) is 0 Å². The molecule has 0 amide bonds. The molecule has 0 saturated heterocycles. The predicted octanol–water partition coefficient (Wildman–Crippen LogP) is 2.33. The molecule has 3 nitrogen and oxygen atoms in total. The summed E-state index contributed by atoms with van der Waals surface area (Å²) in [6.07, 6.45) is 7.89. The van der Waals surface area contributed by atoms with Gasteiger partial charge in [-0.15, -0.1) is 0 Å². The first kappa shape index (κ1) is 12.2. The minimum Gasteiger partial charge on any atom is -0.478 e. The van der Waals surface area contributed by atoms with Gasteiger partial charge in [0.05, 0.1) is 0 Å². The van der Waals surface area contributed by atoms with Crippen LogP contribution in [-0.4, -0.2) is 23.7 Å². The normalized spacial score (nSPS) is 21.4. The van der Waals surface area contributed by atoms with Crippen LogP contribution in [0.15, 0.2) is 11.6 Å². The van der Waals surface area contributed by atoms with Gasteiger partial charge in [-0.25, -0.2) is 4.79 Å². The Morgan fingerprint density at radius 2 is 2.20 bits per heavy atom. The lowest BCUT2D eigenvalue weighted by molar-refractivity contribution is -0.131. The van der Waals surface area contributed by atoms with Gasteiger partial charge in [-0.3, -0.25) is 0 Å². The van der Waals surface area contributed by atoms with E-state index < -0.39 is 5.97 Å². The first-order valence-electron chi connectivity index (χ1n) is 5.88. The summed E-state index contributed by atoms with van der Waals surface area (Å²) in [5.41, 5.74) is 1.09. The van der Waals surface area contributed by atoms with Crippen molar-refractivity contribution in [2.45, 2.75) is 51.5 Å². The van der Waals surface area contributed by atoms with Gasteiger partial charge in [0.2, 0.25) is 0 Å². The summed E-state index contributed by atoms with van der Waals surface area (Å²) in [4.78, 5) is 10.5. The summed E-state index contributed by atoms with van der Waals surface area (Å²) in [5.74, 6) is -0.803. The number of nitrogens with one attached hydrogen (secondary N) is 1. The molecule has 0 spiro atoms. The van der Waals surface area contributed by atoms with Crippen molar-refractivity contribution in [3.8, 4) is 0 Å². The van der Waals surface area contributed by atoms with Gasteiger partial charge >= 0.3 is 5.97 Å². The van der Waals surface area contributed by atoms with Gasteiger partial charge < -0.3 is 10.4 Å². The highest BCUT2D eigenvalue weighted by molar-refractivity contribution is 5.80. The Balaban J connectivity index is 2.21. The lowest BCUT2D eigenvalue weighted by atomic mass is 9.90. The van der Waals surface area contributed by atoms with E-state index in [9.17, 15) is 4.79 Å². The van der Waals surface area contributed by atoms with Crippen molar-refractivity contribution in [3.63, 3.8) is 0 Å². The van der Waals surface area contributed by atoms with Crippen LogP contribution in [0.3, 0.4) is 0 Å². The summed E-state index contributed by atoms with van der Waals surface area (Å²) < 4.78 is 0. The molecule has 1 aliphatic rings. The zero-order chi connectivity index (χ0) is 11.1. The predicted molar refractivity (Wildman–Crippen MR) is 60.9 cm³/mol. The molecular weight excluding hydrogens is 190 g/mol. The summed E-state index contributed by atoms with van der Waals surface area (Å²) in [6, 6.07) is 0.600. The fraction of sp³-hybridized carbons (Fsp3) is 0.750. The molecule has 86 valence electrons. The zero-order valence-electron chi connectivity index (χ0n) is 9.46. The Morgan fingerprint density at radius 3 is 2.73 bits per heavy atom. The third kappa shape index (κ3) is 4.98. The smallest absolute Gasteiger partial charge is 0.328 e. The van der Waals surface area contributed by atoms with Crippen LogP contribution >= 0.6 is 0 Å². The molecule has 3 heteroatoms. The van der Waals surface area contributed by atoms with Crippen molar-refractivity contribution in [2.24, 2.45) is 0 Å². The number of allylic oxidation sites excluding steroid dienone is 1. The molecule has 1 rings (SSSR count). The van der Waals surface area contributed by atoms with Crippen molar-refractivity contribution in [3.05, 3.63) is 11.6 Å². The van der Waals surface area contributed by atoms with Crippen molar-refractivity contribution in [2.75, 3.05) is 6.54 Å². The summed E-state index contributed by atoms with van der Waals surface area (Å²) in [7, 11) is 0. The van der Waals surface area contributed by atoms with Crippen LogP contribution in [0.1, 0.15) is 45.4 Å². The van der Waals surface area contributed by atoms with Crippen LogP contribution in [0.2, 0.25) is 0 Å². The SMILES string of the molecule is CCCCNC1CCC(=CC(=O)O)CC1. The molecule has 1 saturated carbocycles. The van der Waals surface area contributed by atoms with Crippen LogP contribution < -0.4 is 5.32 Å². The number of carboxylic acids is 1. The third-order valence-electron chi connectivity index (χ3n) is 2.92. The van der Waals surface area contributed by atoms with Gasteiger partial charge in [-0.1, -0.05) is 18.9 Å². The monoisotopic (exact) mass is 211 g/mol. The van der Waals surface area contributed by atoms with Gasteiger partial charge in [-0.2, -0.15) is 0 Å². The van der Waals surface area contributed by atoms with Gasteiger partial charge in [0.1, 0.15) is 0 Å². The molecule has 2 N–H and O–H groups in total. The standard InChI is InChI=1S/C12H21NO2/c1-2-3-8-13-11-6-4-10(5-7-11)9-12(14)15/h9,11,13H,2-8H2,1H3,(H,14,15). The molecule has 0 aromatic heterocycles. The molecule has 15 heavy (non-hydrogen) atoms. The Morgan fingerprint density at radius 1 is 1.53 bits per heavy atom. The van der Waals surface area contributed by atoms with E-state index in [-0.39, 0.29) is 0 Å². The second-order valence-electron chi connectivity index (χ2n) is 4.22. The molecule has 0 atom stereocenters. The topological polar surface area (TPSA) is 49.3 Å². The summed E-state index contributed by atoms with van der Waals surface area (Å²) in [6.45, 7) is 3.29. The van der Waals surface area contributed by atoms with E-state index in [0.717, 1.165) is 37.8 Å². The Kier molecular flexibility index (Phi) is 5.40. The van der Waals surface area contributed by atoms with E-state index in [1.54, 1.807) is 0 Å². The van der Waals surface area contributed by atoms with Gasteiger partial charge in [0.25, 0.3) is 0 Å². The highest BCUT2D eigenvalue weighted by Gasteiger charge is 2.16. The third-order valence-corrected chi connectivity index (χ3v) is 2.92. The van der Waals surface area contributed by atoms with Crippen molar-refractivity contribution >= 4 is 5.97 Å².